The Morgan fingerprint density at radius 2 is 2.39 bits per heavy atom. The average molecular weight is 279 g/mol. The molecule has 0 fully saturated rings. The molecule has 2 rings (SSSR count). The lowest BCUT2D eigenvalue weighted by molar-refractivity contribution is 0.102. The molecule has 2 heterocycles. The Morgan fingerprint density at radius 3 is 2.94 bits per heavy atom. The van der Waals surface area contributed by atoms with Crippen LogP contribution in [0.3, 0.4) is 0 Å². The van der Waals surface area contributed by atoms with E-state index in [1.165, 1.54) is 29.7 Å². The standard InChI is InChI=1S/C11H7ClN4OS/c12-3-8-6-18-11(15-8)16-10(17)9-2-1-7(4-13)5-14-9/h1-2,5-6H,3H2,(H,15,16,17). The Hall–Kier alpha value is -1.97. The molecule has 1 N–H and O–H groups in total. The zero-order valence-corrected chi connectivity index (χ0v) is 10.6. The van der Waals surface area contributed by atoms with E-state index in [0.29, 0.717) is 22.3 Å². The van der Waals surface area contributed by atoms with Gasteiger partial charge in [-0.25, -0.2) is 9.97 Å². The van der Waals surface area contributed by atoms with Crippen LogP contribution in [-0.2, 0) is 5.88 Å². The largest absolute Gasteiger partial charge is 0.296 e. The summed E-state index contributed by atoms with van der Waals surface area (Å²) in [4.78, 5) is 19.8. The van der Waals surface area contributed by atoms with Crippen LogP contribution in [0.25, 0.3) is 0 Å². The normalized spacial score (nSPS) is 9.78. The summed E-state index contributed by atoms with van der Waals surface area (Å²) in [6.07, 6.45) is 1.35. The van der Waals surface area contributed by atoms with Gasteiger partial charge in [0.2, 0.25) is 0 Å². The maximum Gasteiger partial charge on any atom is 0.276 e. The summed E-state index contributed by atoms with van der Waals surface area (Å²) in [6, 6.07) is 4.96. The molecular formula is C11H7ClN4OS. The molecule has 0 bridgehead atoms. The Morgan fingerprint density at radius 1 is 1.56 bits per heavy atom. The maximum absolute atomic E-state index is 11.8. The molecule has 18 heavy (non-hydrogen) atoms. The van der Waals surface area contributed by atoms with Crippen molar-refractivity contribution in [1.29, 1.82) is 5.26 Å². The summed E-state index contributed by atoms with van der Waals surface area (Å²) in [7, 11) is 0. The number of amides is 1. The first-order valence-electron chi connectivity index (χ1n) is 4.91. The van der Waals surface area contributed by atoms with Gasteiger partial charge in [-0.3, -0.25) is 10.1 Å². The van der Waals surface area contributed by atoms with Crippen molar-refractivity contribution < 1.29 is 4.79 Å². The van der Waals surface area contributed by atoms with E-state index >= 15 is 0 Å². The molecule has 5 nitrogen and oxygen atoms in total. The van der Waals surface area contributed by atoms with Gasteiger partial charge < -0.3 is 0 Å². The number of pyridine rings is 1. The summed E-state index contributed by atoms with van der Waals surface area (Å²) >= 11 is 6.91. The molecule has 0 aliphatic rings. The first-order valence-corrected chi connectivity index (χ1v) is 6.32. The van der Waals surface area contributed by atoms with Crippen LogP contribution in [0.15, 0.2) is 23.7 Å². The fourth-order valence-electron chi connectivity index (χ4n) is 1.18. The van der Waals surface area contributed by atoms with Crippen molar-refractivity contribution >= 4 is 34.0 Å². The van der Waals surface area contributed by atoms with E-state index in [9.17, 15) is 4.79 Å². The Kier molecular flexibility index (Phi) is 3.87. The molecule has 2 aromatic rings. The number of thiazole rings is 1. The average Bonchev–Trinajstić information content (AvgIpc) is 2.86. The van der Waals surface area contributed by atoms with E-state index in [1.54, 1.807) is 5.38 Å². The van der Waals surface area contributed by atoms with E-state index in [4.69, 9.17) is 16.9 Å². The van der Waals surface area contributed by atoms with Crippen molar-refractivity contribution in [2.24, 2.45) is 0 Å². The lowest BCUT2D eigenvalue weighted by atomic mass is 10.2. The summed E-state index contributed by atoms with van der Waals surface area (Å²) in [6.45, 7) is 0. The highest BCUT2D eigenvalue weighted by molar-refractivity contribution is 7.14. The van der Waals surface area contributed by atoms with Gasteiger partial charge in [0, 0.05) is 11.6 Å². The Balaban J connectivity index is 2.09. The smallest absolute Gasteiger partial charge is 0.276 e. The number of nitriles is 1. The number of halogens is 1. The maximum atomic E-state index is 11.8. The molecule has 1 amide bonds. The van der Waals surface area contributed by atoms with E-state index in [1.807, 2.05) is 6.07 Å². The molecule has 0 saturated heterocycles. The number of nitrogens with zero attached hydrogens (tertiary/aromatic N) is 3. The number of carbonyl (C=O) groups is 1. The number of nitrogens with one attached hydrogen (secondary N) is 1. The van der Waals surface area contributed by atoms with Crippen LogP contribution < -0.4 is 5.32 Å². The van der Waals surface area contributed by atoms with Crippen LogP contribution in [0.1, 0.15) is 21.7 Å². The van der Waals surface area contributed by atoms with Crippen molar-refractivity contribution in [2.45, 2.75) is 5.88 Å². The second kappa shape index (κ2) is 5.58. The summed E-state index contributed by atoms with van der Waals surface area (Å²) < 4.78 is 0. The molecule has 0 unspecified atom stereocenters. The number of aromatic nitrogens is 2. The lowest BCUT2D eigenvalue weighted by Crippen LogP contribution is -2.13. The monoisotopic (exact) mass is 278 g/mol. The third-order valence-electron chi connectivity index (χ3n) is 2.03. The molecule has 2 aromatic heterocycles. The summed E-state index contributed by atoms with van der Waals surface area (Å²) in [5.74, 6) is -0.0587. The highest BCUT2D eigenvalue weighted by Gasteiger charge is 2.10. The van der Waals surface area contributed by atoms with Gasteiger partial charge in [-0.1, -0.05) is 0 Å². The molecule has 0 aliphatic carbocycles. The molecule has 0 radical (unpaired) electrons. The molecular weight excluding hydrogens is 272 g/mol. The zero-order chi connectivity index (χ0) is 13.0. The molecule has 0 spiro atoms. The van der Waals surface area contributed by atoms with Crippen molar-refractivity contribution in [1.82, 2.24) is 9.97 Å². The first-order chi connectivity index (χ1) is 8.72. The van der Waals surface area contributed by atoms with Crippen LogP contribution in [-0.4, -0.2) is 15.9 Å². The zero-order valence-electron chi connectivity index (χ0n) is 9.05. The van der Waals surface area contributed by atoms with Crippen LogP contribution in [0, 0.1) is 11.3 Å². The van der Waals surface area contributed by atoms with Gasteiger partial charge in [0.05, 0.1) is 17.1 Å². The fraction of sp³-hybridized carbons (Fsp3) is 0.0909. The van der Waals surface area contributed by atoms with Gasteiger partial charge in [0.15, 0.2) is 5.13 Å². The van der Waals surface area contributed by atoms with E-state index in [0.717, 1.165) is 0 Å². The van der Waals surface area contributed by atoms with Crippen LogP contribution in [0.4, 0.5) is 5.13 Å². The van der Waals surface area contributed by atoms with Gasteiger partial charge in [-0.15, -0.1) is 22.9 Å². The second-order valence-corrected chi connectivity index (χ2v) is 4.40. The van der Waals surface area contributed by atoms with Gasteiger partial charge in [-0.05, 0) is 12.1 Å². The summed E-state index contributed by atoms with van der Waals surface area (Å²) in [5.41, 5.74) is 1.35. The second-order valence-electron chi connectivity index (χ2n) is 3.28. The molecule has 0 saturated carbocycles. The van der Waals surface area contributed by atoms with E-state index in [2.05, 4.69) is 15.3 Å². The third kappa shape index (κ3) is 2.83. The van der Waals surface area contributed by atoms with Gasteiger partial charge in [0.25, 0.3) is 5.91 Å². The SMILES string of the molecule is N#Cc1ccc(C(=O)Nc2nc(CCl)cs2)nc1. The highest BCUT2D eigenvalue weighted by atomic mass is 35.5. The number of hydrogen-bond acceptors (Lipinski definition) is 5. The van der Waals surface area contributed by atoms with Gasteiger partial charge >= 0.3 is 0 Å². The lowest BCUT2D eigenvalue weighted by Gasteiger charge is -2.00. The fourth-order valence-corrected chi connectivity index (χ4v) is 2.11. The Labute approximate surface area is 112 Å². The molecule has 90 valence electrons. The number of alkyl halides is 1. The summed E-state index contributed by atoms with van der Waals surface area (Å²) in [5, 5.41) is 13.5. The first kappa shape index (κ1) is 12.5. The molecule has 0 aliphatic heterocycles. The van der Waals surface area contributed by atoms with Crippen LogP contribution in [0.2, 0.25) is 0 Å². The third-order valence-corrected chi connectivity index (χ3v) is 3.11. The molecule has 0 atom stereocenters. The topological polar surface area (TPSA) is 78.7 Å². The van der Waals surface area contributed by atoms with Crippen molar-refractivity contribution in [2.75, 3.05) is 5.32 Å². The number of carbonyl (C=O) groups excluding carboxylic acids is 1. The minimum absolute atomic E-state index is 0.233. The number of rotatable bonds is 3. The van der Waals surface area contributed by atoms with Crippen molar-refractivity contribution in [3.8, 4) is 6.07 Å². The number of hydrogen-bond donors (Lipinski definition) is 1. The van der Waals surface area contributed by atoms with Crippen LogP contribution >= 0.6 is 22.9 Å². The number of anilines is 1. The van der Waals surface area contributed by atoms with E-state index < -0.39 is 0 Å². The minimum atomic E-state index is -0.366. The molecule has 0 aromatic carbocycles. The minimum Gasteiger partial charge on any atom is -0.296 e. The predicted octanol–water partition coefficient (Wildman–Crippen LogP) is 2.40. The Bertz CT molecular complexity index is 602. The van der Waals surface area contributed by atoms with Gasteiger partial charge in [0.1, 0.15) is 11.8 Å². The van der Waals surface area contributed by atoms with Crippen molar-refractivity contribution in [3.63, 3.8) is 0 Å². The van der Waals surface area contributed by atoms with Crippen molar-refractivity contribution in [3.05, 3.63) is 40.7 Å². The van der Waals surface area contributed by atoms with Gasteiger partial charge in [-0.2, -0.15) is 5.26 Å². The molecule has 7 heteroatoms. The highest BCUT2D eigenvalue weighted by Crippen LogP contribution is 2.17. The van der Waals surface area contributed by atoms with E-state index in [-0.39, 0.29) is 11.6 Å². The predicted molar refractivity (Wildman–Crippen MR) is 68.6 cm³/mol. The quantitative estimate of drug-likeness (QED) is 0.875. The van der Waals surface area contributed by atoms with Crippen LogP contribution in [0.5, 0.6) is 0 Å².